The molecule has 84 valence electrons. The maximum Gasteiger partial charge on any atom is 0.122 e. The third-order valence-corrected chi connectivity index (χ3v) is 2.56. The van der Waals surface area contributed by atoms with Crippen LogP contribution in [0.15, 0.2) is 30.3 Å². The number of halogens is 1. The smallest absolute Gasteiger partial charge is 0.122 e. The van der Waals surface area contributed by atoms with Crippen LogP contribution in [-0.4, -0.2) is 9.78 Å². The van der Waals surface area contributed by atoms with E-state index in [9.17, 15) is 4.39 Å². The summed E-state index contributed by atoms with van der Waals surface area (Å²) in [5.74, 6) is 0.591. The van der Waals surface area contributed by atoms with Gasteiger partial charge in [-0.25, -0.2) is 4.39 Å². The zero-order valence-electron chi connectivity index (χ0n) is 9.31. The first kappa shape index (κ1) is 10.7. The van der Waals surface area contributed by atoms with Crippen LogP contribution in [0.4, 0.5) is 10.2 Å². The summed E-state index contributed by atoms with van der Waals surface area (Å²) in [5.41, 5.74) is 8.01. The summed E-state index contributed by atoms with van der Waals surface area (Å²) in [4.78, 5) is 0. The van der Waals surface area contributed by atoms with Crippen LogP contribution in [0.3, 0.4) is 0 Å². The van der Waals surface area contributed by atoms with Crippen LogP contribution in [-0.2, 0) is 7.05 Å². The van der Waals surface area contributed by atoms with Crippen LogP contribution in [0.2, 0.25) is 0 Å². The molecule has 0 fully saturated rings. The molecule has 0 aliphatic carbocycles. The highest BCUT2D eigenvalue weighted by molar-refractivity contribution is 5.63. The second kappa shape index (κ2) is 3.96. The van der Waals surface area contributed by atoms with E-state index in [-0.39, 0.29) is 0 Å². The van der Waals surface area contributed by atoms with Crippen LogP contribution in [0, 0.1) is 0 Å². The number of nitrogens with zero attached hydrogens (tertiary/aromatic N) is 2. The maximum absolute atomic E-state index is 13.2. The van der Waals surface area contributed by atoms with E-state index >= 15 is 0 Å². The summed E-state index contributed by atoms with van der Waals surface area (Å²) in [5, 5.41) is 4.25. The molecule has 2 N–H and O–H groups in total. The molecule has 2 aromatic rings. The SMILES string of the molecule is CC(F)c1cccc(-c2cc(N)n(C)n2)c1. The fourth-order valence-corrected chi connectivity index (χ4v) is 1.57. The first-order valence-electron chi connectivity index (χ1n) is 5.12. The Bertz CT molecular complexity index is 483. The third-order valence-electron chi connectivity index (χ3n) is 2.56. The average molecular weight is 219 g/mol. The minimum absolute atomic E-state index is 0.591. The summed E-state index contributed by atoms with van der Waals surface area (Å²) >= 11 is 0. The van der Waals surface area contributed by atoms with Crippen molar-refractivity contribution in [3.8, 4) is 11.3 Å². The van der Waals surface area contributed by atoms with Crippen molar-refractivity contribution >= 4 is 5.82 Å². The first-order valence-corrected chi connectivity index (χ1v) is 5.12. The van der Waals surface area contributed by atoms with E-state index in [1.165, 1.54) is 6.92 Å². The Morgan fingerprint density at radius 1 is 1.38 bits per heavy atom. The number of benzene rings is 1. The van der Waals surface area contributed by atoms with Crippen LogP contribution in [0.25, 0.3) is 11.3 Å². The van der Waals surface area contributed by atoms with Gasteiger partial charge in [-0.1, -0.05) is 18.2 Å². The summed E-state index contributed by atoms with van der Waals surface area (Å²) in [6.45, 7) is 1.52. The van der Waals surface area contributed by atoms with Crippen molar-refractivity contribution in [2.45, 2.75) is 13.1 Å². The fourth-order valence-electron chi connectivity index (χ4n) is 1.57. The molecular weight excluding hydrogens is 205 g/mol. The van der Waals surface area contributed by atoms with Gasteiger partial charge in [-0.15, -0.1) is 0 Å². The van der Waals surface area contributed by atoms with Crippen LogP contribution < -0.4 is 5.73 Å². The van der Waals surface area contributed by atoms with Gasteiger partial charge in [-0.3, -0.25) is 4.68 Å². The van der Waals surface area contributed by atoms with Gasteiger partial charge in [0.25, 0.3) is 0 Å². The van der Waals surface area contributed by atoms with Gasteiger partial charge in [0.15, 0.2) is 0 Å². The summed E-state index contributed by atoms with van der Waals surface area (Å²) in [7, 11) is 1.78. The van der Waals surface area contributed by atoms with E-state index < -0.39 is 6.17 Å². The Morgan fingerprint density at radius 2 is 2.12 bits per heavy atom. The molecule has 0 saturated heterocycles. The molecule has 0 aliphatic rings. The van der Waals surface area contributed by atoms with Gasteiger partial charge in [0.1, 0.15) is 12.0 Å². The van der Waals surface area contributed by atoms with Crippen molar-refractivity contribution in [3.63, 3.8) is 0 Å². The molecule has 1 atom stereocenters. The molecule has 1 heterocycles. The molecule has 0 amide bonds. The molecule has 0 saturated carbocycles. The highest BCUT2D eigenvalue weighted by atomic mass is 19.1. The second-order valence-corrected chi connectivity index (χ2v) is 3.82. The minimum Gasteiger partial charge on any atom is -0.384 e. The summed E-state index contributed by atoms with van der Waals surface area (Å²) in [6, 6.07) is 9.06. The van der Waals surface area contributed by atoms with Crippen molar-refractivity contribution in [1.82, 2.24) is 9.78 Å². The van der Waals surface area contributed by atoms with Crippen molar-refractivity contribution < 1.29 is 4.39 Å². The number of nitrogens with two attached hydrogens (primary N) is 1. The van der Waals surface area contributed by atoms with Crippen molar-refractivity contribution in [3.05, 3.63) is 35.9 Å². The lowest BCUT2D eigenvalue weighted by Gasteiger charge is -2.03. The Morgan fingerprint density at radius 3 is 2.69 bits per heavy atom. The molecular formula is C12H14FN3. The first-order chi connectivity index (χ1) is 7.58. The monoisotopic (exact) mass is 219 g/mol. The van der Waals surface area contributed by atoms with E-state index in [0.29, 0.717) is 11.4 Å². The Hall–Kier alpha value is -1.84. The highest BCUT2D eigenvalue weighted by Crippen LogP contribution is 2.24. The molecule has 1 aromatic carbocycles. The fraction of sp³-hybridized carbons (Fsp3) is 0.250. The number of hydrogen-bond donors (Lipinski definition) is 1. The number of hydrogen-bond acceptors (Lipinski definition) is 2. The normalized spacial score (nSPS) is 12.7. The van der Waals surface area contributed by atoms with Gasteiger partial charge in [0.2, 0.25) is 0 Å². The van der Waals surface area contributed by atoms with E-state index in [1.54, 1.807) is 29.9 Å². The Labute approximate surface area is 93.7 Å². The molecule has 3 nitrogen and oxygen atoms in total. The molecule has 0 bridgehead atoms. The Kier molecular flexibility index (Phi) is 2.64. The van der Waals surface area contributed by atoms with Crippen LogP contribution in [0.1, 0.15) is 18.7 Å². The number of rotatable bonds is 2. The maximum atomic E-state index is 13.2. The van der Waals surface area contributed by atoms with Crippen LogP contribution in [0.5, 0.6) is 0 Å². The van der Waals surface area contributed by atoms with E-state index in [1.807, 2.05) is 12.1 Å². The number of alkyl halides is 1. The second-order valence-electron chi connectivity index (χ2n) is 3.82. The van der Waals surface area contributed by atoms with Gasteiger partial charge < -0.3 is 5.73 Å². The van der Waals surface area contributed by atoms with Gasteiger partial charge in [0, 0.05) is 18.7 Å². The topological polar surface area (TPSA) is 43.8 Å². The van der Waals surface area contributed by atoms with Gasteiger partial charge in [-0.05, 0) is 18.6 Å². The number of anilines is 1. The van der Waals surface area contributed by atoms with E-state index in [2.05, 4.69) is 5.10 Å². The number of aromatic nitrogens is 2. The standard InChI is InChI=1S/C12H14FN3/c1-8(13)9-4-3-5-10(6-9)11-7-12(14)16(2)15-11/h3-8H,14H2,1-2H3. The predicted octanol–water partition coefficient (Wildman–Crippen LogP) is 2.70. The lowest BCUT2D eigenvalue weighted by atomic mass is 10.1. The lowest BCUT2D eigenvalue weighted by Crippen LogP contribution is -1.96. The predicted molar refractivity (Wildman–Crippen MR) is 62.6 cm³/mol. The molecule has 0 radical (unpaired) electrons. The highest BCUT2D eigenvalue weighted by Gasteiger charge is 2.08. The largest absolute Gasteiger partial charge is 0.384 e. The lowest BCUT2D eigenvalue weighted by molar-refractivity contribution is 0.374. The molecule has 1 unspecified atom stereocenters. The molecule has 2 rings (SSSR count). The van der Waals surface area contributed by atoms with Gasteiger partial charge in [0.05, 0.1) is 5.69 Å². The number of nitrogen functional groups attached to an aromatic ring is 1. The number of aryl methyl sites for hydroxylation is 1. The van der Waals surface area contributed by atoms with E-state index in [0.717, 1.165) is 11.3 Å². The van der Waals surface area contributed by atoms with Gasteiger partial charge in [-0.2, -0.15) is 5.10 Å². The molecule has 1 aromatic heterocycles. The van der Waals surface area contributed by atoms with Crippen molar-refractivity contribution in [2.24, 2.45) is 7.05 Å². The third kappa shape index (κ3) is 1.91. The summed E-state index contributed by atoms with van der Waals surface area (Å²) < 4.78 is 14.8. The van der Waals surface area contributed by atoms with Crippen molar-refractivity contribution in [2.75, 3.05) is 5.73 Å². The van der Waals surface area contributed by atoms with Crippen LogP contribution >= 0.6 is 0 Å². The molecule has 0 aliphatic heterocycles. The Balaban J connectivity index is 2.44. The zero-order valence-corrected chi connectivity index (χ0v) is 9.31. The molecule has 4 heteroatoms. The average Bonchev–Trinajstić information content (AvgIpc) is 2.59. The molecule has 0 spiro atoms. The molecule has 16 heavy (non-hydrogen) atoms. The zero-order chi connectivity index (χ0) is 11.7. The summed E-state index contributed by atoms with van der Waals surface area (Å²) in [6.07, 6.45) is -0.971. The van der Waals surface area contributed by atoms with E-state index in [4.69, 9.17) is 5.73 Å². The minimum atomic E-state index is -0.971. The van der Waals surface area contributed by atoms with Crippen molar-refractivity contribution in [1.29, 1.82) is 0 Å². The quantitative estimate of drug-likeness (QED) is 0.843. The van der Waals surface area contributed by atoms with Gasteiger partial charge >= 0.3 is 0 Å².